The van der Waals surface area contributed by atoms with Crippen LogP contribution in [0.4, 0.5) is 4.79 Å². The van der Waals surface area contributed by atoms with Crippen molar-refractivity contribution in [3.63, 3.8) is 0 Å². The number of rotatable bonds is 6. The predicted octanol–water partition coefficient (Wildman–Crippen LogP) is 3.18. The Hall–Kier alpha value is -0.810. The van der Waals surface area contributed by atoms with Crippen LogP contribution < -0.4 is 5.32 Å². The fraction of sp³-hybridized carbons (Fsp3) is 0.941. The Morgan fingerprint density at radius 1 is 1.32 bits per heavy atom. The molecule has 1 aliphatic carbocycles. The minimum atomic E-state index is -0.452. The predicted molar refractivity (Wildman–Crippen MR) is 89.1 cm³/mol. The molecule has 1 saturated carbocycles. The molecule has 0 bridgehead atoms. The molecule has 5 nitrogen and oxygen atoms in total. The van der Waals surface area contributed by atoms with Crippen molar-refractivity contribution in [3.05, 3.63) is 0 Å². The Morgan fingerprint density at radius 2 is 2.00 bits per heavy atom. The quantitative estimate of drug-likeness (QED) is 0.818. The monoisotopic (exact) mass is 314 g/mol. The Labute approximate surface area is 135 Å². The average molecular weight is 314 g/mol. The first-order valence-electron chi connectivity index (χ1n) is 8.48. The van der Waals surface area contributed by atoms with Gasteiger partial charge < -0.3 is 19.7 Å². The molecule has 0 aromatic carbocycles. The Bertz CT molecular complexity index is 339. The molecule has 2 atom stereocenters. The summed E-state index contributed by atoms with van der Waals surface area (Å²) in [7, 11) is 1.79. The van der Waals surface area contributed by atoms with Crippen LogP contribution in [0.1, 0.15) is 60.3 Å². The van der Waals surface area contributed by atoms with Crippen LogP contribution in [-0.2, 0) is 9.47 Å². The molecule has 0 aliphatic heterocycles. The van der Waals surface area contributed by atoms with Crippen molar-refractivity contribution in [1.29, 1.82) is 0 Å². The smallest absolute Gasteiger partial charge is 0.410 e. The van der Waals surface area contributed by atoms with Crippen molar-refractivity contribution < 1.29 is 14.3 Å². The maximum absolute atomic E-state index is 12.2. The summed E-state index contributed by atoms with van der Waals surface area (Å²) in [6.07, 6.45) is 4.75. The molecule has 0 radical (unpaired) electrons. The van der Waals surface area contributed by atoms with Crippen LogP contribution in [0, 0.1) is 0 Å². The van der Waals surface area contributed by atoms with Gasteiger partial charge in [0.15, 0.2) is 0 Å². The molecule has 130 valence electrons. The Kier molecular flexibility index (Phi) is 7.63. The molecule has 1 amide bonds. The number of ether oxygens (including phenoxy) is 2. The van der Waals surface area contributed by atoms with Crippen molar-refractivity contribution in [3.8, 4) is 0 Å². The lowest BCUT2D eigenvalue weighted by Gasteiger charge is -2.32. The third-order valence-electron chi connectivity index (χ3n) is 4.00. The van der Waals surface area contributed by atoms with Crippen LogP contribution in [-0.4, -0.2) is 55.0 Å². The van der Waals surface area contributed by atoms with Crippen LogP contribution in [0.2, 0.25) is 0 Å². The molecule has 1 rings (SSSR count). The number of carbonyl (C=O) groups is 1. The molecule has 1 N–H and O–H groups in total. The van der Waals surface area contributed by atoms with Gasteiger partial charge in [-0.3, -0.25) is 0 Å². The van der Waals surface area contributed by atoms with Crippen molar-refractivity contribution in [2.24, 2.45) is 0 Å². The van der Waals surface area contributed by atoms with Gasteiger partial charge in [-0.15, -0.1) is 0 Å². The average Bonchev–Trinajstić information content (AvgIpc) is 2.41. The summed E-state index contributed by atoms with van der Waals surface area (Å²) >= 11 is 0. The topological polar surface area (TPSA) is 50.8 Å². The molecular formula is C17H34N2O3. The summed E-state index contributed by atoms with van der Waals surface area (Å²) in [5, 5.41) is 3.56. The molecule has 0 spiro atoms. The number of nitrogens with zero attached hydrogens (tertiary/aromatic N) is 1. The highest BCUT2D eigenvalue weighted by molar-refractivity contribution is 5.68. The van der Waals surface area contributed by atoms with Crippen molar-refractivity contribution in [1.82, 2.24) is 10.2 Å². The van der Waals surface area contributed by atoms with Gasteiger partial charge in [-0.1, -0.05) is 0 Å². The van der Waals surface area contributed by atoms with E-state index in [0.29, 0.717) is 18.7 Å². The van der Waals surface area contributed by atoms with E-state index in [4.69, 9.17) is 9.47 Å². The lowest BCUT2D eigenvalue weighted by atomic mass is 9.93. The van der Waals surface area contributed by atoms with Gasteiger partial charge >= 0.3 is 6.09 Å². The second kappa shape index (κ2) is 8.73. The zero-order valence-corrected chi connectivity index (χ0v) is 15.1. The maximum atomic E-state index is 12.2. The summed E-state index contributed by atoms with van der Waals surface area (Å²) < 4.78 is 10.9. The summed E-state index contributed by atoms with van der Waals surface area (Å²) in [4.78, 5) is 14.0. The van der Waals surface area contributed by atoms with Crippen molar-refractivity contribution >= 4 is 6.09 Å². The molecule has 22 heavy (non-hydrogen) atoms. The number of amides is 1. The van der Waals surface area contributed by atoms with Crippen molar-refractivity contribution in [2.45, 2.75) is 84.1 Å². The normalized spacial score (nSPS) is 22.7. The van der Waals surface area contributed by atoms with E-state index in [0.717, 1.165) is 19.4 Å². The van der Waals surface area contributed by atoms with E-state index in [-0.39, 0.29) is 12.1 Å². The van der Waals surface area contributed by atoms with E-state index >= 15 is 0 Å². The van der Waals surface area contributed by atoms with Gasteiger partial charge in [0.05, 0.1) is 6.10 Å². The molecule has 0 aromatic rings. The first-order chi connectivity index (χ1) is 10.2. The second-order valence-corrected chi connectivity index (χ2v) is 7.44. The minimum absolute atomic E-state index is 0.134. The standard InChI is InChI=1S/C17H34N2O3/c1-13(2)19(16(20)22-17(3,4)5)11-10-18-14-8-7-9-15(12-14)21-6/h13-15,18H,7-12H2,1-6H3. The van der Waals surface area contributed by atoms with Crippen LogP contribution >= 0.6 is 0 Å². The van der Waals surface area contributed by atoms with Crippen LogP contribution in [0.5, 0.6) is 0 Å². The summed E-state index contributed by atoms with van der Waals surface area (Å²) in [5.74, 6) is 0. The third kappa shape index (κ3) is 6.97. The molecule has 1 aliphatic rings. The first kappa shape index (κ1) is 19.2. The summed E-state index contributed by atoms with van der Waals surface area (Å²) in [5.41, 5.74) is -0.452. The zero-order valence-electron chi connectivity index (χ0n) is 15.1. The van der Waals surface area contributed by atoms with E-state index in [9.17, 15) is 4.79 Å². The van der Waals surface area contributed by atoms with Gasteiger partial charge in [0.1, 0.15) is 5.60 Å². The largest absolute Gasteiger partial charge is 0.444 e. The number of carbonyl (C=O) groups excluding carboxylic acids is 1. The van der Waals surface area contributed by atoms with Crippen LogP contribution in [0.3, 0.4) is 0 Å². The number of methoxy groups -OCH3 is 1. The molecule has 2 unspecified atom stereocenters. The molecule has 0 aromatic heterocycles. The fourth-order valence-electron chi connectivity index (χ4n) is 2.81. The molecule has 0 heterocycles. The highest BCUT2D eigenvalue weighted by atomic mass is 16.6. The lowest BCUT2D eigenvalue weighted by molar-refractivity contribution is 0.0186. The first-order valence-corrected chi connectivity index (χ1v) is 8.48. The molecular weight excluding hydrogens is 280 g/mol. The lowest BCUT2D eigenvalue weighted by Crippen LogP contribution is -2.46. The minimum Gasteiger partial charge on any atom is -0.444 e. The fourth-order valence-corrected chi connectivity index (χ4v) is 2.81. The number of hydrogen-bond acceptors (Lipinski definition) is 4. The summed E-state index contributed by atoms with van der Waals surface area (Å²) in [6.45, 7) is 11.2. The van der Waals surface area contributed by atoms with E-state index in [1.165, 1.54) is 12.8 Å². The van der Waals surface area contributed by atoms with E-state index in [1.54, 1.807) is 12.0 Å². The van der Waals surface area contributed by atoms with Crippen LogP contribution in [0.15, 0.2) is 0 Å². The highest BCUT2D eigenvalue weighted by Gasteiger charge is 2.25. The van der Waals surface area contributed by atoms with Gasteiger partial charge in [-0.25, -0.2) is 4.79 Å². The van der Waals surface area contributed by atoms with Crippen LogP contribution in [0.25, 0.3) is 0 Å². The Balaban J connectivity index is 2.40. The molecule has 0 saturated heterocycles. The zero-order chi connectivity index (χ0) is 16.8. The third-order valence-corrected chi connectivity index (χ3v) is 4.00. The van der Waals surface area contributed by atoms with Gasteiger partial charge in [0.25, 0.3) is 0 Å². The number of nitrogens with one attached hydrogen (secondary N) is 1. The number of hydrogen-bond donors (Lipinski definition) is 1. The van der Waals surface area contributed by atoms with Gasteiger partial charge in [-0.2, -0.15) is 0 Å². The maximum Gasteiger partial charge on any atom is 0.410 e. The molecule has 1 fully saturated rings. The second-order valence-electron chi connectivity index (χ2n) is 7.44. The van der Waals surface area contributed by atoms with Gasteiger partial charge in [0.2, 0.25) is 0 Å². The molecule has 5 heteroatoms. The van der Waals surface area contributed by atoms with E-state index in [1.807, 2.05) is 34.6 Å². The highest BCUT2D eigenvalue weighted by Crippen LogP contribution is 2.20. The van der Waals surface area contributed by atoms with Gasteiger partial charge in [-0.05, 0) is 60.3 Å². The van der Waals surface area contributed by atoms with Crippen molar-refractivity contribution in [2.75, 3.05) is 20.2 Å². The SMILES string of the molecule is COC1CCCC(NCCN(C(=O)OC(C)(C)C)C(C)C)C1. The Morgan fingerprint density at radius 3 is 2.55 bits per heavy atom. The van der Waals surface area contributed by atoms with E-state index in [2.05, 4.69) is 5.32 Å². The van der Waals surface area contributed by atoms with Gasteiger partial charge in [0, 0.05) is 32.3 Å². The summed E-state index contributed by atoms with van der Waals surface area (Å²) in [6, 6.07) is 0.626. The van der Waals surface area contributed by atoms with E-state index < -0.39 is 5.60 Å².